The first-order valence-electron chi connectivity index (χ1n) is 9.57. The van der Waals surface area contributed by atoms with E-state index in [2.05, 4.69) is 15.3 Å². The molecule has 3 aromatic heterocycles. The van der Waals surface area contributed by atoms with Crippen LogP contribution in [-0.2, 0) is 0 Å². The van der Waals surface area contributed by atoms with E-state index >= 15 is 0 Å². The Morgan fingerprint density at radius 1 is 0.833 bits per heavy atom. The summed E-state index contributed by atoms with van der Waals surface area (Å²) in [7, 11) is 1.64. The number of benzene rings is 1. The molecule has 0 unspecified atom stereocenters. The molecule has 0 amide bonds. The van der Waals surface area contributed by atoms with Gasteiger partial charge in [0.05, 0.1) is 12.8 Å². The van der Waals surface area contributed by atoms with Crippen molar-refractivity contribution in [1.82, 2.24) is 15.0 Å². The number of pyridine rings is 3. The number of nitrogens with zero attached hydrogens (tertiary/aromatic N) is 3. The molecule has 0 radical (unpaired) electrons. The maximum absolute atomic E-state index is 6.22. The lowest BCUT2D eigenvalue weighted by molar-refractivity contribution is 0.415. The second-order valence-electron chi connectivity index (χ2n) is 6.79. The van der Waals surface area contributed by atoms with Gasteiger partial charge in [-0.05, 0) is 55.8 Å². The molecule has 4 aromatic rings. The molecule has 0 bridgehead atoms. The van der Waals surface area contributed by atoms with Crippen LogP contribution >= 0.6 is 0 Å². The second-order valence-corrected chi connectivity index (χ2v) is 6.79. The Labute approximate surface area is 175 Å². The summed E-state index contributed by atoms with van der Waals surface area (Å²) in [5.74, 6) is 2.73. The van der Waals surface area contributed by atoms with Gasteiger partial charge in [0.2, 0.25) is 0 Å². The highest BCUT2D eigenvalue weighted by atomic mass is 16.5. The average molecular weight is 398 g/mol. The Balaban J connectivity index is 1.63. The third kappa shape index (κ3) is 4.38. The van der Waals surface area contributed by atoms with Crippen LogP contribution in [0.2, 0.25) is 0 Å². The van der Waals surface area contributed by atoms with Crippen molar-refractivity contribution in [2.75, 3.05) is 12.4 Å². The number of methoxy groups -OCH3 is 1. The van der Waals surface area contributed by atoms with E-state index in [0.717, 1.165) is 28.4 Å². The van der Waals surface area contributed by atoms with E-state index in [4.69, 9.17) is 14.5 Å². The minimum atomic E-state index is 0.648. The van der Waals surface area contributed by atoms with Crippen LogP contribution in [0.1, 0.15) is 11.3 Å². The third-order valence-electron chi connectivity index (χ3n) is 4.64. The van der Waals surface area contributed by atoms with Gasteiger partial charge in [-0.1, -0.05) is 12.1 Å². The smallest absolute Gasteiger partial charge is 0.155 e. The molecule has 6 nitrogen and oxygen atoms in total. The lowest BCUT2D eigenvalue weighted by Gasteiger charge is -2.14. The van der Waals surface area contributed by atoms with E-state index in [-0.39, 0.29) is 0 Å². The van der Waals surface area contributed by atoms with Crippen molar-refractivity contribution >= 4 is 11.5 Å². The van der Waals surface area contributed by atoms with Gasteiger partial charge in [0.15, 0.2) is 5.75 Å². The molecule has 1 N–H and O–H groups in total. The summed E-state index contributed by atoms with van der Waals surface area (Å²) in [6.45, 7) is 3.99. The van der Waals surface area contributed by atoms with Crippen LogP contribution in [0.5, 0.6) is 17.2 Å². The van der Waals surface area contributed by atoms with Gasteiger partial charge in [-0.3, -0.25) is 4.98 Å². The number of hydrogen-bond acceptors (Lipinski definition) is 6. The summed E-state index contributed by atoms with van der Waals surface area (Å²) >= 11 is 0. The molecule has 1 aromatic carbocycles. The van der Waals surface area contributed by atoms with Gasteiger partial charge >= 0.3 is 0 Å². The summed E-state index contributed by atoms with van der Waals surface area (Å²) < 4.78 is 11.5. The average Bonchev–Trinajstić information content (AvgIpc) is 2.77. The number of rotatable bonds is 6. The lowest BCUT2D eigenvalue weighted by Crippen LogP contribution is -1.98. The van der Waals surface area contributed by atoms with E-state index < -0.39 is 0 Å². The van der Waals surface area contributed by atoms with Crippen molar-refractivity contribution in [3.63, 3.8) is 0 Å². The molecule has 0 fully saturated rings. The highest BCUT2D eigenvalue weighted by molar-refractivity contribution is 5.65. The minimum absolute atomic E-state index is 0.648. The zero-order valence-electron chi connectivity index (χ0n) is 17.1. The Kier molecular flexibility index (Phi) is 5.57. The molecule has 0 spiro atoms. The van der Waals surface area contributed by atoms with E-state index in [1.165, 1.54) is 0 Å². The molecule has 150 valence electrons. The topological polar surface area (TPSA) is 69.2 Å². The number of hydrogen-bond donors (Lipinski definition) is 1. The molecule has 30 heavy (non-hydrogen) atoms. The van der Waals surface area contributed by atoms with Crippen molar-refractivity contribution in [2.24, 2.45) is 0 Å². The van der Waals surface area contributed by atoms with Gasteiger partial charge < -0.3 is 14.8 Å². The number of aryl methyl sites for hydroxylation is 2. The standard InChI is InChI=1S/C24H22N4O2/c1-16-13-22(24(27-17(16)2)21-9-4-5-11-25-21)30-20-10-12-26-23(15-20)28-18-7-6-8-19(14-18)29-3/h4-15H,1-3H3,(H,26,28). The molecule has 3 heterocycles. The summed E-state index contributed by atoms with van der Waals surface area (Å²) in [4.78, 5) is 13.5. The van der Waals surface area contributed by atoms with Gasteiger partial charge in [-0.2, -0.15) is 0 Å². The molecule has 6 heteroatoms. The van der Waals surface area contributed by atoms with Crippen molar-refractivity contribution in [2.45, 2.75) is 13.8 Å². The molecule has 0 saturated heterocycles. The summed E-state index contributed by atoms with van der Waals surface area (Å²) in [6, 6.07) is 19.0. The third-order valence-corrected chi connectivity index (χ3v) is 4.64. The van der Waals surface area contributed by atoms with Crippen LogP contribution in [0.25, 0.3) is 11.4 Å². The highest BCUT2D eigenvalue weighted by Gasteiger charge is 2.13. The van der Waals surface area contributed by atoms with Gasteiger partial charge in [-0.25, -0.2) is 9.97 Å². The quantitative estimate of drug-likeness (QED) is 0.449. The SMILES string of the molecule is COc1cccc(Nc2cc(Oc3cc(C)c(C)nc3-c3ccccn3)ccn2)c1. The van der Waals surface area contributed by atoms with Gasteiger partial charge in [0.1, 0.15) is 23.0 Å². The zero-order valence-corrected chi connectivity index (χ0v) is 17.1. The van der Waals surface area contributed by atoms with E-state index in [1.54, 1.807) is 19.5 Å². The van der Waals surface area contributed by atoms with Crippen LogP contribution in [0.3, 0.4) is 0 Å². The van der Waals surface area contributed by atoms with Crippen molar-refractivity contribution < 1.29 is 9.47 Å². The normalized spacial score (nSPS) is 10.5. The number of aromatic nitrogens is 3. The van der Waals surface area contributed by atoms with Crippen LogP contribution in [0.4, 0.5) is 11.5 Å². The first-order valence-corrected chi connectivity index (χ1v) is 9.57. The van der Waals surface area contributed by atoms with Crippen LogP contribution < -0.4 is 14.8 Å². The Hall–Kier alpha value is -3.93. The predicted molar refractivity (Wildman–Crippen MR) is 118 cm³/mol. The van der Waals surface area contributed by atoms with Crippen molar-refractivity contribution in [3.8, 4) is 28.6 Å². The molecule has 0 aliphatic rings. The predicted octanol–water partition coefficient (Wildman–Crippen LogP) is 5.70. The van der Waals surface area contributed by atoms with E-state index in [9.17, 15) is 0 Å². The summed E-state index contributed by atoms with van der Waals surface area (Å²) in [5.41, 5.74) is 4.34. The lowest BCUT2D eigenvalue weighted by atomic mass is 10.1. The number of ether oxygens (including phenoxy) is 2. The number of nitrogens with one attached hydrogen (secondary N) is 1. The molecular weight excluding hydrogens is 376 g/mol. The zero-order chi connectivity index (χ0) is 20.9. The summed E-state index contributed by atoms with van der Waals surface area (Å²) in [5, 5.41) is 3.27. The fourth-order valence-corrected chi connectivity index (χ4v) is 2.96. The Bertz CT molecular complexity index is 1160. The minimum Gasteiger partial charge on any atom is -0.497 e. The van der Waals surface area contributed by atoms with Crippen LogP contribution in [0, 0.1) is 13.8 Å². The molecule has 0 atom stereocenters. The first kappa shape index (κ1) is 19.4. The van der Waals surface area contributed by atoms with Gasteiger partial charge in [0, 0.05) is 35.9 Å². The summed E-state index contributed by atoms with van der Waals surface area (Å²) in [6.07, 6.45) is 3.45. The van der Waals surface area contributed by atoms with Crippen LogP contribution in [0.15, 0.2) is 73.1 Å². The monoisotopic (exact) mass is 398 g/mol. The van der Waals surface area contributed by atoms with Crippen LogP contribution in [-0.4, -0.2) is 22.1 Å². The Morgan fingerprint density at radius 3 is 2.53 bits per heavy atom. The van der Waals surface area contributed by atoms with Gasteiger partial charge in [-0.15, -0.1) is 0 Å². The second kappa shape index (κ2) is 8.61. The number of anilines is 2. The first-order chi connectivity index (χ1) is 14.6. The van der Waals surface area contributed by atoms with Crippen molar-refractivity contribution in [3.05, 3.63) is 84.3 Å². The molecular formula is C24H22N4O2. The highest BCUT2D eigenvalue weighted by Crippen LogP contribution is 2.33. The van der Waals surface area contributed by atoms with E-state index in [1.807, 2.05) is 74.5 Å². The fraction of sp³-hybridized carbons (Fsp3) is 0.125. The fourth-order valence-electron chi connectivity index (χ4n) is 2.96. The molecule has 4 rings (SSSR count). The van der Waals surface area contributed by atoms with Crippen molar-refractivity contribution in [1.29, 1.82) is 0 Å². The molecule has 0 aliphatic heterocycles. The Morgan fingerprint density at radius 2 is 1.73 bits per heavy atom. The van der Waals surface area contributed by atoms with Gasteiger partial charge in [0.25, 0.3) is 0 Å². The van der Waals surface area contributed by atoms with E-state index in [0.29, 0.717) is 23.0 Å². The maximum Gasteiger partial charge on any atom is 0.155 e. The largest absolute Gasteiger partial charge is 0.497 e. The molecule has 0 aliphatic carbocycles. The maximum atomic E-state index is 6.22. The molecule has 0 saturated carbocycles.